The van der Waals surface area contributed by atoms with Crippen molar-refractivity contribution in [2.24, 2.45) is 5.16 Å². The quantitative estimate of drug-likeness (QED) is 0.448. The Bertz CT molecular complexity index is 222. The van der Waals surface area contributed by atoms with E-state index in [4.69, 9.17) is 5.21 Å². The molecule has 2 nitrogen and oxygen atoms in total. The lowest BCUT2D eigenvalue weighted by Crippen LogP contribution is -1.73. The van der Waals surface area contributed by atoms with Gasteiger partial charge in [0.25, 0.3) is 0 Å². The zero-order chi connectivity index (χ0) is 7.61. The van der Waals surface area contributed by atoms with Crippen LogP contribution in [0, 0.1) is 0 Å². The van der Waals surface area contributed by atoms with E-state index in [0.29, 0.717) is 0 Å². The molecule has 0 unspecified atom stereocenters. The number of halogens is 2. The molecule has 10 heavy (non-hydrogen) atoms. The Morgan fingerprint density at radius 2 is 2.30 bits per heavy atom. The highest BCUT2D eigenvalue weighted by Gasteiger charge is 2.14. The summed E-state index contributed by atoms with van der Waals surface area (Å²) in [5.74, 6) is 0. The fourth-order valence-corrected chi connectivity index (χ4v) is 3.43. The first kappa shape index (κ1) is 8.36. The summed E-state index contributed by atoms with van der Waals surface area (Å²) >= 11 is 6.89. The molecule has 1 N–H and O–H groups in total. The summed E-state index contributed by atoms with van der Waals surface area (Å²) in [5.41, 5.74) is 0.909. The Morgan fingerprint density at radius 1 is 1.60 bits per heavy atom. The highest BCUT2D eigenvalue weighted by Crippen LogP contribution is 2.68. The van der Waals surface area contributed by atoms with E-state index in [0.717, 1.165) is 5.57 Å². The third kappa shape index (κ3) is 2.14. The van der Waals surface area contributed by atoms with Crippen molar-refractivity contribution in [2.45, 2.75) is 0 Å². The van der Waals surface area contributed by atoms with E-state index in [2.05, 4.69) is 34.8 Å². The molecule has 1 heterocycles. The van der Waals surface area contributed by atoms with E-state index in [1.54, 1.807) is 0 Å². The first-order chi connectivity index (χ1) is 4.64. The van der Waals surface area contributed by atoms with Gasteiger partial charge in [0.05, 0.1) is 6.21 Å². The smallest absolute Gasteiger partial charge is 0.0739 e. The lowest BCUT2D eigenvalue weighted by Gasteiger charge is -2.10. The van der Waals surface area contributed by atoms with Gasteiger partial charge in [0.1, 0.15) is 0 Å². The summed E-state index contributed by atoms with van der Waals surface area (Å²) in [6, 6.07) is 0. The zero-order valence-electron chi connectivity index (χ0n) is 4.87. The van der Waals surface area contributed by atoms with E-state index in [1.165, 1.54) is 6.21 Å². The molecule has 1 aliphatic heterocycles. The Kier molecular flexibility index (Phi) is 2.60. The van der Waals surface area contributed by atoms with Crippen LogP contribution in [0.15, 0.2) is 27.6 Å². The topological polar surface area (TPSA) is 32.6 Å². The average Bonchev–Trinajstić information content (AvgIpc) is 2.12. The number of allylic oxidation sites excluding steroid dienone is 2. The van der Waals surface area contributed by atoms with Crippen molar-refractivity contribution < 1.29 is 5.21 Å². The molecule has 0 aromatic rings. The van der Waals surface area contributed by atoms with Crippen LogP contribution >= 0.6 is 36.5 Å². The van der Waals surface area contributed by atoms with Crippen molar-refractivity contribution >= 4 is 42.7 Å². The molecule has 0 radical (unpaired) electrons. The van der Waals surface area contributed by atoms with E-state index < -0.39 is 6.89 Å². The Morgan fingerprint density at radius 3 is 2.70 bits per heavy atom. The molecule has 0 aromatic heterocycles. The molecule has 1 rings (SSSR count). The maximum Gasteiger partial charge on any atom is 0.0739 e. The lowest BCUT2D eigenvalue weighted by molar-refractivity contribution is 0.322. The molecule has 0 atom stereocenters. The summed E-state index contributed by atoms with van der Waals surface area (Å²) in [6.45, 7) is -1.04. The largest absolute Gasteiger partial charge is 0.411 e. The van der Waals surface area contributed by atoms with Crippen LogP contribution in [0.4, 0.5) is 0 Å². The first-order valence-corrected chi connectivity index (χ1v) is 7.88. The van der Waals surface area contributed by atoms with E-state index in [9.17, 15) is 0 Å². The second kappa shape index (κ2) is 3.11. The van der Waals surface area contributed by atoms with Crippen molar-refractivity contribution in [1.29, 1.82) is 0 Å². The van der Waals surface area contributed by atoms with Crippen LogP contribution in [0.3, 0.4) is 0 Å². The molecule has 56 valence electrons. The van der Waals surface area contributed by atoms with Gasteiger partial charge in [-0.15, -0.1) is 0 Å². The maximum atomic E-state index is 8.17. The Hall–Kier alpha value is 0.260. The molecular weight excluding hydrogens is 282 g/mol. The SMILES string of the molecule is O/N=C/C1=CS(Br)(Br)C=C1. The highest BCUT2D eigenvalue weighted by atomic mass is 79.9. The van der Waals surface area contributed by atoms with Gasteiger partial charge in [-0.1, -0.05) is 12.1 Å². The van der Waals surface area contributed by atoms with Crippen molar-refractivity contribution in [3.05, 3.63) is 22.5 Å². The number of nitrogens with zero attached hydrogens (tertiary/aromatic N) is 1. The van der Waals surface area contributed by atoms with Gasteiger partial charge in [-0.05, 0) is 46.5 Å². The molecule has 0 bridgehead atoms. The molecule has 5 heteroatoms. The Labute approximate surface area is 75.4 Å². The lowest BCUT2D eigenvalue weighted by atomic mass is 10.3. The number of hydrogen-bond donors (Lipinski definition) is 1. The number of hydrogen-bond acceptors (Lipinski definition) is 2. The van der Waals surface area contributed by atoms with Crippen LogP contribution in [0.25, 0.3) is 0 Å². The summed E-state index contributed by atoms with van der Waals surface area (Å²) in [4.78, 5) is 0. The van der Waals surface area contributed by atoms with Crippen LogP contribution in [0.1, 0.15) is 0 Å². The normalized spacial score (nSPS) is 25.2. The Balaban J connectivity index is 2.78. The highest BCUT2D eigenvalue weighted by molar-refractivity contribution is 9.92. The van der Waals surface area contributed by atoms with Gasteiger partial charge in [-0.2, -0.15) is 0 Å². The summed E-state index contributed by atoms with van der Waals surface area (Å²) < 4.78 is 0. The third-order valence-corrected chi connectivity index (χ3v) is 4.44. The van der Waals surface area contributed by atoms with E-state index in [-0.39, 0.29) is 0 Å². The fraction of sp³-hybridized carbons (Fsp3) is 0. The zero-order valence-corrected chi connectivity index (χ0v) is 8.86. The molecule has 0 aliphatic carbocycles. The molecule has 0 amide bonds. The van der Waals surface area contributed by atoms with Crippen LogP contribution < -0.4 is 0 Å². The van der Waals surface area contributed by atoms with E-state index in [1.807, 2.05) is 16.9 Å². The van der Waals surface area contributed by atoms with Crippen molar-refractivity contribution in [2.75, 3.05) is 0 Å². The maximum absolute atomic E-state index is 8.17. The third-order valence-electron chi connectivity index (χ3n) is 0.942. The van der Waals surface area contributed by atoms with Gasteiger partial charge in [0.2, 0.25) is 0 Å². The molecule has 0 fully saturated rings. The molecule has 0 aromatic carbocycles. The average molecular weight is 287 g/mol. The minimum Gasteiger partial charge on any atom is -0.411 e. The molecule has 0 spiro atoms. The van der Waals surface area contributed by atoms with Crippen molar-refractivity contribution in [3.8, 4) is 0 Å². The molecule has 1 aliphatic rings. The van der Waals surface area contributed by atoms with Gasteiger partial charge in [-0.25, -0.2) is 0 Å². The summed E-state index contributed by atoms with van der Waals surface area (Å²) in [5, 5.41) is 15.0. The molecule has 0 saturated heterocycles. The predicted molar refractivity (Wildman–Crippen MR) is 52.9 cm³/mol. The standard InChI is InChI=1S/C5H5Br2NOS/c6-10(7)2-1-5(4-10)3-8-9/h1-4,9H/b8-3+. The van der Waals surface area contributed by atoms with Gasteiger partial charge in [0, 0.05) is 5.57 Å². The van der Waals surface area contributed by atoms with Gasteiger partial charge >= 0.3 is 0 Å². The van der Waals surface area contributed by atoms with E-state index >= 15 is 0 Å². The molecular formula is C5H5Br2NOS. The van der Waals surface area contributed by atoms with Crippen LogP contribution in [-0.2, 0) is 0 Å². The number of oxime groups is 1. The molecule has 0 saturated carbocycles. The second-order valence-corrected chi connectivity index (χ2v) is 12.4. The minimum absolute atomic E-state index is 0.909. The van der Waals surface area contributed by atoms with Crippen molar-refractivity contribution in [1.82, 2.24) is 0 Å². The van der Waals surface area contributed by atoms with Crippen LogP contribution in [-0.4, -0.2) is 11.4 Å². The van der Waals surface area contributed by atoms with Gasteiger partial charge < -0.3 is 5.21 Å². The summed E-state index contributed by atoms with van der Waals surface area (Å²) in [6.07, 6.45) is 3.28. The first-order valence-electron chi connectivity index (χ1n) is 2.44. The van der Waals surface area contributed by atoms with Gasteiger partial charge in [-0.3, -0.25) is 0 Å². The predicted octanol–water partition coefficient (Wildman–Crippen LogP) is 3.28. The second-order valence-electron chi connectivity index (χ2n) is 1.72. The van der Waals surface area contributed by atoms with Crippen LogP contribution in [0.5, 0.6) is 0 Å². The van der Waals surface area contributed by atoms with Crippen LogP contribution in [0.2, 0.25) is 0 Å². The monoisotopic (exact) mass is 285 g/mol. The fourth-order valence-electron chi connectivity index (χ4n) is 0.569. The number of rotatable bonds is 1. The van der Waals surface area contributed by atoms with Gasteiger partial charge in [0.15, 0.2) is 0 Å². The minimum atomic E-state index is -1.04. The van der Waals surface area contributed by atoms with Crippen molar-refractivity contribution in [3.63, 3.8) is 0 Å². The summed E-state index contributed by atoms with van der Waals surface area (Å²) in [7, 11) is 0.